The van der Waals surface area contributed by atoms with Gasteiger partial charge in [-0.1, -0.05) is 47.1 Å². The Morgan fingerprint density at radius 3 is 2.58 bits per heavy atom. The Labute approximate surface area is 144 Å². The first kappa shape index (κ1) is 16.2. The standard InChI is InChI=1S/C18H15ClFN3O/c1-13-17(11-21-24-12-14-5-3-2-4-6-14)18(19)23(22-13)16-9-7-15(20)8-10-16/h2-11H,12H2,1H3/b21-11+. The van der Waals surface area contributed by atoms with Crippen LogP contribution in [0.1, 0.15) is 16.8 Å². The van der Waals surface area contributed by atoms with Crippen molar-refractivity contribution in [1.82, 2.24) is 9.78 Å². The fourth-order valence-electron chi connectivity index (χ4n) is 2.19. The van der Waals surface area contributed by atoms with Crippen molar-refractivity contribution in [3.05, 3.63) is 82.4 Å². The zero-order chi connectivity index (χ0) is 16.9. The first-order valence-corrected chi connectivity index (χ1v) is 7.73. The van der Waals surface area contributed by atoms with Gasteiger partial charge in [-0.2, -0.15) is 5.10 Å². The molecule has 0 aliphatic heterocycles. The van der Waals surface area contributed by atoms with E-state index in [4.69, 9.17) is 16.4 Å². The van der Waals surface area contributed by atoms with E-state index in [9.17, 15) is 4.39 Å². The molecule has 0 atom stereocenters. The summed E-state index contributed by atoms with van der Waals surface area (Å²) in [6, 6.07) is 15.7. The van der Waals surface area contributed by atoms with Crippen molar-refractivity contribution in [3.8, 4) is 5.69 Å². The molecule has 0 saturated heterocycles. The molecule has 0 amide bonds. The number of halogens is 2. The summed E-state index contributed by atoms with van der Waals surface area (Å²) in [7, 11) is 0. The normalized spacial score (nSPS) is 11.1. The maximum absolute atomic E-state index is 13.0. The molecule has 24 heavy (non-hydrogen) atoms. The fraction of sp³-hybridized carbons (Fsp3) is 0.111. The Morgan fingerprint density at radius 2 is 1.88 bits per heavy atom. The van der Waals surface area contributed by atoms with E-state index in [0.29, 0.717) is 28.7 Å². The van der Waals surface area contributed by atoms with Crippen LogP contribution in [0.3, 0.4) is 0 Å². The van der Waals surface area contributed by atoms with Crippen molar-refractivity contribution in [2.24, 2.45) is 5.16 Å². The molecule has 0 aliphatic carbocycles. The van der Waals surface area contributed by atoms with Crippen LogP contribution in [-0.4, -0.2) is 16.0 Å². The first-order chi connectivity index (χ1) is 11.6. The predicted molar refractivity (Wildman–Crippen MR) is 92.1 cm³/mol. The molecule has 2 aromatic carbocycles. The first-order valence-electron chi connectivity index (χ1n) is 7.35. The number of oxime groups is 1. The zero-order valence-electron chi connectivity index (χ0n) is 13.0. The number of hydrogen-bond acceptors (Lipinski definition) is 3. The van der Waals surface area contributed by atoms with E-state index in [-0.39, 0.29) is 5.82 Å². The Bertz CT molecular complexity index is 845. The minimum atomic E-state index is -0.310. The number of aryl methyl sites for hydroxylation is 1. The summed E-state index contributed by atoms with van der Waals surface area (Å²) in [5.74, 6) is -0.310. The van der Waals surface area contributed by atoms with Gasteiger partial charge in [-0.3, -0.25) is 0 Å². The third-order valence-electron chi connectivity index (χ3n) is 3.45. The summed E-state index contributed by atoms with van der Waals surface area (Å²) in [6.45, 7) is 2.20. The Hall–Kier alpha value is -2.66. The number of aromatic nitrogens is 2. The van der Waals surface area contributed by atoms with Gasteiger partial charge in [0, 0.05) is 0 Å². The summed E-state index contributed by atoms with van der Waals surface area (Å²) in [5, 5.41) is 8.71. The predicted octanol–water partition coefficient (Wildman–Crippen LogP) is 4.52. The van der Waals surface area contributed by atoms with Crippen molar-refractivity contribution >= 4 is 17.8 Å². The molecule has 0 aliphatic rings. The second kappa shape index (κ2) is 7.27. The lowest BCUT2D eigenvalue weighted by Gasteiger charge is -2.02. The van der Waals surface area contributed by atoms with E-state index in [1.54, 1.807) is 12.1 Å². The molecule has 4 nitrogen and oxygen atoms in total. The Balaban J connectivity index is 1.74. The van der Waals surface area contributed by atoms with Crippen molar-refractivity contribution in [3.63, 3.8) is 0 Å². The van der Waals surface area contributed by atoms with Gasteiger partial charge < -0.3 is 4.84 Å². The molecule has 0 spiro atoms. The largest absolute Gasteiger partial charge is 0.391 e. The molecule has 0 N–H and O–H groups in total. The maximum atomic E-state index is 13.0. The Morgan fingerprint density at radius 1 is 1.17 bits per heavy atom. The van der Waals surface area contributed by atoms with E-state index < -0.39 is 0 Å². The van der Waals surface area contributed by atoms with E-state index in [1.165, 1.54) is 23.0 Å². The van der Waals surface area contributed by atoms with Gasteiger partial charge in [-0.15, -0.1) is 0 Å². The number of benzene rings is 2. The van der Waals surface area contributed by atoms with Gasteiger partial charge >= 0.3 is 0 Å². The second-order valence-electron chi connectivity index (χ2n) is 5.17. The van der Waals surface area contributed by atoms with Crippen LogP contribution < -0.4 is 0 Å². The Kier molecular flexibility index (Phi) is 4.91. The van der Waals surface area contributed by atoms with Gasteiger partial charge in [0.15, 0.2) is 0 Å². The SMILES string of the molecule is Cc1nn(-c2ccc(F)cc2)c(Cl)c1/C=N/OCc1ccccc1. The fourth-order valence-corrected chi connectivity index (χ4v) is 2.51. The molecular formula is C18H15ClFN3O. The summed E-state index contributed by atoms with van der Waals surface area (Å²) in [6.07, 6.45) is 1.54. The van der Waals surface area contributed by atoms with Gasteiger partial charge in [0.25, 0.3) is 0 Å². The monoisotopic (exact) mass is 343 g/mol. The van der Waals surface area contributed by atoms with E-state index in [2.05, 4.69) is 10.3 Å². The quantitative estimate of drug-likeness (QED) is 0.504. The molecule has 0 unspecified atom stereocenters. The van der Waals surface area contributed by atoms with Crippen LogP contribution >= 0.6 is 11.6 Å². The van der Waals surface area contributed by atoms with Gasteiger partial charge in [0.1, 0.15) is 17.6 Å². The number of rotatable bonds is 5. The summed E-state index contributed by atoms with van der Waals surface area (Å²) >= 11 is 6.36. The minimum absolute atomic E-state index is 0.310. The van der Waals surface area contributed by atoms with Crippen LogP contribution in [0.2, 0.25) is 5.15 Å². The topological polar surface area (TPSA) is 39.4 Å². The average Bonchev–Trinajstić information content (AvgIpc) is 2.88. The third kappa shape index (κ3) is 3.63. The molecule has 122 valence electrons. The van der Waals surface area contributed by atoms with Crippen molar-refractivity contribution < 1.29 is 9.23 Å². The van der Waals surface area contributed by atoms with Crippen LogP contribution in [0.5, 0.6) is 0 Å². The molecule has 3 rings (SSSR count). The molecule has 0 bridgehead atoms. The lowest BCUT2D eigenvalue weighted by Crippen LogP contribution is -1.96. The van der Waals surface area contributed by atoms with Gasteiger partial charge in [-0.25, -0.2) is 9.07 Å². The molecular weight excluding hydrogens is 329 g/mol. The summed E-state index contributed by atoms with van der Waals surface area (Å²) in [4.78, 5) is 5.29. The number of nitrogens with zero attached hydrogens (tertiary/aromatic N) is 3. The minimum Gasteiger partial charge on any atom is -0.391 e. The third-order valence-corrected chi connectivity index (χ3v) is 3.81. The van der Waals surface area contributed by atoms with Crippen molar-refractivity contribution in [2.75, 3.05) is 0 Å². The lowest BCUT2D eigenvalue weighted by atomic mass is 10.2. The molecule has 1 heterocycles. The van der Waals surface area contributed by atoms with Crippen molar-refractivity contribution in [1.29, 1.82) is 0 Å². The van der Waals surface area contributed by atoms with E-state index in [1.807, 2.05) is 37.3 Å². The molecule has 1 aromatic heterocycles. The van der Waals surface area contributed by atoms with Crippen LogP contribution in [-0.2, 0) is 11.4 Å². The van der Waals surface area contributed by atoms with Gasteiger partial charge in [-0.05, 0) is 36.8 Å². The smallest absolute Gasteiger partial charge is 0.142 e. The average molecular weight is 344 g/mol. The highest BCUT2D eigenvalue weighted by atomic mass is 35.5. The highest BCUT2D eigenvalue weighted by Gasteiger charge is 2.13. The molecule has 3 aromatic rings. The van der Waals surface area contributed by atoms with Crippen LogP contribution in [0.4, 0.5) is 4.39 Å². The maximum Gasteiger partial charge on any atom is 0.142 e. The van der Waals surface area contributed by atoms with Gasteiger partial charge in [0.05, 0.1) is 23.2 Å². The summed E-state index contributed by atoms with van der Waals surface area (Å²) in [5.41, 5.74) is 3.07. The molecule has 0 radical (unpaired) electrons. The highest BCUT2D eigenvalue weighted by molar-refractivity contribution is 6.32. The lowest BCUT2D eigenvalue weighted by molar-refractivity contribution is 0.132. The summed E-state index contributed by atoms with van der Waals surface area (Å²) < 4.78 is 14.6. The van der Waals surface area contributed by atoms with Crippen LogP contribution in [0.15, 0.2) is 59.8 Å². The van der Waals surface area contributed by atoms with Crippen LogP contribution in [0.25, 0.3) is 5.69 Å². The number of hydrogen-bond donors (Lipinski definition) is 0. The molecule has 0 fully saturated rings. The van der Waals surface area contributed by atoms with E-state index in [0.717, 1.165) is 5.56 Å². The molecule has 0 saturated carbocycles. The highest BCUT2D eigenvalue weighted by Crippen LogP contribution is 2.22. The molecule has 6 heteroatoms. The second-order valence-corrected chi connectivity index (χ2v) is 5.53. The van der Waals surface area contributed by atoms with Gasteiger partial charge in [0.2, 0.25) is 0 Å². The zero-order valence-corrected chi connectivity index (χ0v) is 13.7. The van der Waals surface area contributed by atoms with Crippen molar-refractivity contribution in [2.45, 2.75) is 13.5 Å². The van der Waals surface area contributed by atoms with E-state index >= 15 is 0 Å². The van der Waals surface area contributed by atoms with Crippen LogP contribution in [0, 0.1) is 12.7 Å².